The molecule has 2 aliphatic heterocycles. The summed E-state index contributed by atoms with van der Waals surface area (Å²) in [7, 11) is 1.43. The topological polar surface area (TPSA) is 201 Å². The smallest absolute Gasteiger partial charge is 0.276 e. The summed E-state index contributed by atoms with van der Waals surface area (Å²) in [5.74, 6) is -1.64. The molecule has 5 unspecified atom stereocenters. The number of hydrogen-bond donors (Lipinski definition) is 8. The average molecular weight is 549 g/mol. The van der Waals surface area contributed by atoms with Gasteiger partial charge in [0.2, 0.25) is 0 Å². The van der Waals surface area contributed by atoms with Crippen molar-refractivity contribution in [3.8, 4) is 11.5 Å². The van der Waals surface area contributed by atoms with Crippen LogP contribution in [0.2, 0.25) is 0 Å². The van der Waals surface area contributed by atoms with Gasteiger partial charge in [0.15, 0.2) is 6.23 Å². The van der Waals surface area contributed by atoms with E-state index >= 15 is 0 Å². The first kappa shape index (κ1) is 24.8. The maximum Gasteiger partial charge on any atom is 0.276 e. The number of hydrogen-bond acceptors (Lipinski definition) is 10. The lowest BCUT2D eigenvalue weighted by Gasteiger charge is -2.41. The minimum absolute atomic E-state index is 0.0324. The molecule has 13 nitrogen and oxygen atoms in total. The number of rotatable bonds is 3. The van der Waals surface area contributed by atoms with Gasteiger partial charge in [-0.25, -0.2) is 10.4 Å². The standard InChI is InChI=1S/C27H24N4O9/c1-28-31-25(38)16-14-9-4-2-6-11(33)18(9)29-19(14)21-15(17(16)26(31)39)10-5-3-7-12(34)20(10)30(21)27-24(37)23(36)22(35)13(8-32)40-27/h2-7,13,22-24,27-29,32-37H,8H2,1H3. The number of imide groups is 1. The number of carbonyl (C=O) groups excluding carboxylic acids is 2. The molecule has 7 rings (SSSR count). The number of aromatic amines is 1. The van der Waals surface area contributed by atoms with Crippen molar-refractivity contribution in [2.75, 3.05) is 13.7 Å². The molecule has 1 saturated heterocycles. The number of aliphatic hydroxyl groups excluding tert-OH is 4. The summed E-state index contributed by atoms with van der Waals surface area (Å²) in [6.07, 6.45) is -7.81. The summed E-state index contributed by atoms with van der Waals surface area (Å²) in [4.78, 5) is 30.5. The summed E-state index contributed by atoms with van der Waals surface area (Å²) < 4.78 is 7.29. The first-order chi connectivity index (χ1) is 19.2. The van der Waals surface area contributed by atoms with Crippen LogP contribution in [0.3, 0.4) is 0 Å². The lowest BCUT2D eigenvalue weighted by molar-refractivity contribution is -0.249. The number of hydrazine groups is 1. The van der Waals surface area contributed by atoms with Crippen molar-refractivity contribution in [1.29, 1.82) is 0 Å². The maximum atomic E-state index is 13.7. The molecule has 1 fully saturated rings. The Hall–Kier alpha value is -4.24. The van der Waals surface area contributed by atoms with Crippen molar-refractivity contribution < 1.29 is 45.0 Å². The quantitative estimate of drug-likeness (QED) is 0.147. The van der Waals surface area contributed by atoms with E-state index in [9.17, 15) is 40.2 Å². The van der Waals surface area contributed by atoms with Gasteiger partial charge in [0.25, 0.3) is 11.8 Å². The number of ether oxygens (including phenoxy) is 1. The number of aromatic nitrogens is 2. The predicted octanol–water partition coefficient (Wildman–Crippen LogP) is 0.543. The van der Waals surface area contributed by atoms with E-state index < -0.39 is 49.1 Å². The number of phenolic OH excluding ortho intramolecular Hbond substituents is 2. The number of aliphatic hydroxyl groups is 4. The van der Waals surface area contributed by atoms with E-state index in [4.69, 9.17) is 4.74 Å². The summed E-state index contributed by atoms with van der Waals surface area (Å²) in [6, 6.07) is 9.31. The fourth-order valence-electron chi connectivity index (χ4n) is 6.23. The molecule has 3 aromatic carbocycles. The Balaban J connectivity index is 1.74. The van der Waals surface area contributed by atoms with E-state index in [0.717, 1.165) is 5.01 Å². The number of amides is 2. The van der Waals surface area contributed by atoms with E-state index in [-0.39, 0.29) is 50.1 Å². The number of nitrogens with zero attached hydrogens (tertiary/aromatic N) is 2. The molecule has 0 radical (unpaired) electrons. The van der Waals surface area contributed by atoms with Gasteiger partial charge in [-0.2, -0.15) is 0 Å². The Bertz CT molecular complexity index is 1910. The van der Waals surface area contributed by atoms with Gasteiger partial charge >= 0.3 is 0 Å². The van der Waals surface area contributed by atoms with E-state index in [0.29, 0.717) is 16.2 Å². The molecule has 40 heavy (non-hydrogen) atoms. The van der Waals surface area contributed by atoms with Gasteiger partial charge in [0, 0.05) is 28.6 Å². The molecule has 2 aliphatic rings. The van der Waals surface area contributed by atoms with Crippen molar-refractivity contribution >= 4 is 55.4 Å². The number of fused-ring (bicyclic) bond motifs is 10. The fraction of sp³-hybridized carbons (Fsp3) is 0.259. The second-order valence-corrected chi connectivity index (χ2v) is 9.98. The second-order valence-electron chi connectivity index (χ2n) is 9.98. The Labute approximate surface area is 224 Å². The van der Waals surface area contributed by atoms with Gasteiger partial charge < -0.3 is 44.9 Å². The molecule has 0 bridgehead atoms. The third kappa shape index (κ3) is 2.90. The first-order valence-corrected chi connectivity index (χ1v) is 12.5. The Morgan fingerprint density at radius 2 is 1.50 bits per heavy atom. The summed E-state index contributed by atoms with van der Waals surface area (Å²) >= 11 is 0. The third-order valence-corrected chi connectivity index (χ3v) is 7.98. The van der Waals surface area contributed by atoms with E-state index in [1.807, 2.05) is 0 Å². The zero-order valence-corrected chi connectivity index (χ0v) is 20.9. The molecule has 4 heterocycles. The van der Waals surface area contributed by atoms with Crippen LogP contribution in [0.4, 0.5) is 0 Å². The van der Waals surface area contributed by atoms with Crippen LogP contribution in [0.15, 0.2) is 36.4 Å². The minimum atomic E-state index is -1.73. The second kappa shape index (κ2) is 8.38. The van der Waals surface area contributed by atoms with Gasteiger partial charge in [-0.05, 0) is 12.1 Å². The molecule has 206 valence electrons. The zero-order valence-electron chi connectivity index (χ0n) is 20.9. The average Bonchev–Trinajstić information content (AvgIpc) is 3.57. The van der Waals surface area contributed by atoms with Crippen LogP contribution in [0, 0.1) is 0 Å². The summed E-state index contributed by atoms with van der Waals surface area (Å²) in [5, 5.41) is 66.0. The van der Waals surface area contributed by atoms with E-state index in [1.165, 1.54) is 23.7 Å². The van der Waals surface area contributed by atoms with Gasteiger partial charge in [0.1, 0.15) is 35.9 Å². The molecule has 2 amide bonds. The van der Waals surface area contributed by atoms with Crippen LogP contribution >= 0.6 is 0 Å². The minimum Gasteiger partial charge on any atom is -0.506 e. The number of nitrogens with one attached hydrogen (secondary N) is 2. The lowest BCUT2D eigenvalue weighted by Crippen LogP contribution is -2.56. The largest absolute Gasteiger partial charge is 0.506 e. The number of aromatic hydroxyl groups is 2. The lowest BCUT2D eigenvalue weighted by atomic mass is 9.96. The molecule has 8 N–H and O–H groups in total. The molecule has 5 aromatic rings. The van der Waals surface area contributed by atoms with Gasteiger partial charge in [-0.15, -0.1) is 0 Å². The fourth-order valence-corrected chi connectivity index (χ4v) is 6.23. The highest BCUT2D eigenvalue weighted by Gasteiger charge is 2.47. The highest BCUT2D eigenvalue weighted by molar-refractivity contribution is 6.39. The molecule has 0 saturated carbocycles. The Kier molecular flexibility index (Phi) is 5.19. The van der Waals surface area contributed by atoms with E-state index in [2.05, 4.69) is 10.4 Å². The normalized spacial score (nSPS) is 25.2. The molecular formula is C27H24N4O9. The van der Waals surface area contributed by atoms with Crippen LogP contribution in [0.5, 0.6) is 11.5 Å². The third-order valence-electron chi connectivity index (χ3n) is 7.98. The molecular weight excluding hydrogens is 524 g/mol. The molecule has 0 aliphatic carbocycles. The number of phenols is 2. The van der Waals surface area contributed by atoms with Crippen molar-refractivity contribution in [1.82, 2.24) is 20.0 Å². The SMILES string of the molecule is CNN1C(=O)c2c(c3c4cccc(O)c4n(C4OC(CO)C(O)C(O)C4O)c3c3[nH]c4c(O)cccc4c23)C1=O. The number of benzene rings is 3. The van der Waals surface area contributed by atoms with Crippen molar-refractivity contribution in [2.24, 2.45) is 0 Å². The first-order valence-electron chi connectivity index (χ1n) is 12.5. The van der Waals surface area contributed by atoms with Crippen LogP contribution in [0.25, 0.3) is 43.6 Å². The number of carbonyl (C=O) groups is 2. The number of para-hydroxylation sites is 2. The summed E-state index contributed by atoms with van der Waals surface area (Å²) in [6.45, 7) is -0.681. The number of H-pyrrole nitrogens is 1. The van der Waals surface area contributed by atoms with Crippen LogP contribution < -0.4 is 5.43 Å². The van der Waals surface area contributed by atoms with Crippen molar-refractivity contribution in [3.05, 3.63) is 47.5 Å². The van der Waals surface area contributed by atoms with Crippen LogP contribution in [-0.4, -0.2) is 95.1 Å². The maximum absolute atomic E-state index is 13.7. The van der Waals surface area contributed by atoms with Crippen LogP contribution in [0.1, 0.15) is 26.9 Å². The highest BCUT2D eigenvalue weighted by atomic mass is 16.6. The molecule has 13 heteroatoms. The monoisotopic (exact) mass is 548 g/mol. The van der Waals surface area contributed by atoms with Crippen LogP contribution in [-0.2, 0) is 4.74 Å². The van der Waals surface area contributed by atoms with E-state index in [1.54, 1.807) is 24.3 Å². The van der Waals surface area contributed by atoms with Gasteiger partial charge in [-0.3, -0.25) is 9.59 Å². The highest BCUT2D eigenvalue weighted by Crippen LogP contribution is 2.49. The summed E-state index contributed by atoms with van der Waals surface area (Å²) in [5.41, 5.74) is 3.64. The van der Waals surface area contributed by atoms with Gasteiger partial charge in [0.05, 0.1) is 39.8 Å². The molecule has 2 aromatic heterocycles. The van der Waals surface area contributed by atoms with Gasteiger partial charge in [-0.1, -0.05) is 24.3 Å². The predicted molar refractivity (Wildman–Crippen MR) is 141 cm³/mol. The Morgan fingerprint density at radius 3 is 2.17 bits per heavy atom. The Morgan fingerprint density at radius 1 is 0.850 bits per heavy atom. The molecule has 5 atom stereocenters. The molecule has 0 spiro atoms. The zero-order chi connectivity index (χ0) is 28.2. The van der Waals surface area contributed by atoms with Crippen molar-refractivity contribution in [2.45, 2.75) is 30.6 Å². The van der Waals surface area contributed by atoms with Crippen molar-refractivity contribution in [3.63, 3.8) is 0 Å².